The Hall–Kier alpha value is -0.880. The lowest BCUT2D eigenvalue weighted by atomic mass is 10.6. The predicted octanol–water partition coefficient (Wildman–Crippen LogP) is -0.467. The Bertz CT molecular complexity index is 201. The number of nitrogens with zero attached hydrogens (tertiary/aromatic N) is 1. The lowest BCUT2D eigenvalue weighted by Crippen LogP contribution is -2.36. The summed E-state index contributed by atoms with van der Waals surface area (Å²) in [6, 6.07) is 0. The summed E-state index contributed by atoms with van der Waals surface area (Å²) in [5.41, 5.74) is 0. The molecule has 0 unspecified atom stereocenters. The van der Waals surface area contributed by atoms with Gasteiger partial charge >= 0.3 is 11.1 Å². The van der Waals surface area contributed by atoms with Gasteiger partial charge in [-0.25, -0.2) is 5.84 Å². The molecule has 2 amide bonds. The fourth-order valence-electron chi connectivity index (χ4n) is 0.372. The number of rotatable bonds is 0. The van der Waals surface area contributed by atoms with Crippen LogP contribution in [-0.2, 0) is 4.79 Å². The van der Waals surface area contributed by atoms with Gasteiger partial charge in [-0.3, -0.25) is 15.0 Å². The van der Waals surface area contributed by atoms with Gasteiger partial charge in [0.25, 0.3) is 0 Å². The Morgan fingerprint density at radius 2 is 2.11 bits per heavy atom. The molecule has 0 aromatic carbocycles. The first kappa shape index (κ1) is 6.24. The number of nitrogens with two attached hydrogens (primary N) is 1. The summed E-state index contributed by atoms with van der Waals surface area (Å²) in [6.07, 6.45) is 0. The van der Waals surface area contributed by atoms with Gasteiger partial charge in [0.2, 0.25) is 0 Å². The standard InChI is InChI=1S/C3H3N3O2S/c4-1-2(7)6(5)3(8)9-1/h4H,5H2. The van der Waals surface area contributed by atoms with Crippen molar-refractivity contribution in [1.82, 2.24) is 5.01 Å². The third-order valence-electron chi connectivity index (χ3n) is 0.799. The molecule has 48 valence electrons. The van der Waals surface area contributed by atoms with Crippen molar-refractivity contribution in [2.45, 2.75) is 0 Å². The lowest BCUT2D eigenvalue weighted by Gasteiger charge is -1.98. The average Bonchev–Trinajstić information content (AvgIpc) is 1.98. The molecule has 0 aliphatic carbocycles. The third kappa shape index (κ3) is 0.816. The van der Waals surface area contributed by atoms with Crippen LogP contribution < -0.4 is 5.84 Å². The number of hydrogen-bond donors (Lipinski definition) is 2. The number of imide groups is 1. The number of amides is 2. The second-order valence-corrected chi connectivity index (χ2v) is 2.33. The lowest BCUT2D eigenvalue weighted by molar-refractivity contribution is -0.120. The molecule has 3 N–H and O–H groups in total. The zero-order valence-electron chi connectivity index (χ0n) is 4.25. The van der Waals surface area contributed by atoms with E-state index in [9.17, 15) is 9.59 Å². The highest BCUT2D eigenvalue weighted by molar-refractivity contribution is 8.28. The Labute approximate surface area is 54.7 Å². The predicted molar refractivity (Wildman–Crippen MR) is 31.7 cm³/mol. The van der Waals surface area contributed by atoms with E-state index in [4.69, 9.17) is 11.3 Å². The number of hydrazine groups is 1. The molecular formula is C3H3N3O2S. The van der Waals surface area contributed by atoms with E-state index in [1.807, 2.05) is 0 Å². The van der Waals surface area contributed by atoms with E-state index in [2.05, 4.69) is 0 Å². The van der Waals surface area contributed by atoms with Gasteiger partial charge in [-0.2, -0.15) is 5.01 Å². The van der Waals surface area contributed by atoms with E-state index in [1.54, 1.807) is 0 Å². The topological polar surface area (TPSA) is 87.2 Å². The van der Waals surface area contributed by atoms with Gasteiger partial charge in [0.15, 0.2) is 5.04 Å². The molecule has 0 bridgehead atoms. The second kappa shape index (κ2) is 1.82. The fraction of sp³-hybridized carbons (Fsp3) is 0. The maximum Gasteiger partial charge on any atom is 0.309 e. The molecule has 1 aliphatic heterocycles. The summed E-state index contributed by atoms with van der Waals surface area (Å²) in [6.45, 7) is 0. The van der Waals surface area contributed by atoms with Crippen LogP contribution in [0.1, 0.15) is 0 Å². The van der Waals surface area contributed by atoms with Crippen molar-refractivity contribution in [3.63, 3.8) is 0 Å². The summed E-state index contributed by atoms with van der Waals surface area (Å²) in [4.78, 5) is 20.8. The Balaban J connectivity index is 2.90. The highest BCUT2D eigenvalue weighted by Crippen LogP contribution is 2.16. The Kier molecular flexibility index (Phi) is 1.26. The van der Waals surface area contributed by atoms with E-state index >= 15 is 0 Å². The third-order valence-corrected chi connectivity index (χ3v) is 1.55. The summed E-state index contributed by atoms with van der Waals surface area (Å²) in [5, 5.41) is 6.30. The second-order valence-electron chi connectivity index (χ2n) is 1.37. The average molecular weight is 145 g/mol. The first-order valence-corrected chi connectivity index (χ1v) is 2.84. The minimum atomic E-state index is -0.731. The molecule has 9 heavy (non-hydrogen) atoms. The molecule has 1 heterocycles. The van der Waals surface area contributed by atoms with Gasteiger partial charge in [-0.05, 0) is 11.8 Å². The van der Waals surface area contributed by atoms with Crippen molar-refractivity contribution in [3.8, 4) is 0 Å². The smallest absolute Gasteiger partial charge is 0.289 e. The van der Waals surface area contributed by atoms with Crippen molar-refractivity contribution in [1.29, 1.82) is 5.41 Å². The van der Waals surface area contributed by atoms with E-state index in [0.29, 0.717) is 16.8 Å². The zero-order valence-corrected chi connectivity index (χ0v) is 5.07. The van der Waals surface area contributed by atoms with Crippen molar-refractivity contribution in [2.75, 3.05) is 0 Å². The summed E-state index contributed by atoms with van der Waals surface area (Å²) in [7, 11) is 0. The van der Waals surface area contributed by atoms with E-state index < -0.39 is 11.1 Å². The first-order valence-electron chi connectivity index (χ1n) is 2.02. The summed E-state index contributed by atoms with van der Waals surface area (Å²) in [5.74, 6) is 4.15. The van der Waals surface area contributed by atoms with E-state index in [1.165, 1.54) is 0 Å². The van der Waals surface area contributed by atoms with Gasteiger partial charge in [0.05, 0.1) is 0 Å². The maximum absolute atomic E-state index is 10.5. The molecule has 1 fully saturated rings. The number of nitrogens with one attached hydrogen (secondary N) is 1. The molecule has 0 saturated carbocycles. The molecule has 1 aliphatic rings. The summed E-state index contributed by atoms with van der Waals surface area (Å²) < 4.78 is 0. The van der Waals surface area contributed by atoms with Gasteiger partial charge in [0, 0.05) is 0 Å². The van der Waals surface area contributed by atoms with Gasteiger partial charge in [-0.1, -0.05) is 0 Å². The quantitative estimate of drug-likeness (QED) is 0.356. The molecule has 6 heteroatoms. The number of carbonyl (C=O) groups is 2. The highest BCUT2D eigenvalue weighted by atomic mass is 32.2. The van der Waals surface area contributed by atoms with Crippen LogP contribution in [-0.4, -0.2) is 21.2 Å². The van der Waals surface area contributed by atoms with Gasteiger partial charge in [-0.15, -0.1) is 0 Å². The van der Waals surface area contributed by atoms with Crippen LogP contribution in [0, 0.1) is 5.41 Å². The van der Waals surface area contributed by atoms with Crippen molar-refractivity contribution < 1.29 is 9.59 Å². The minimum absolute atomic E-state index is 0.317. The number of thioether (sulfide) groups is 1. The molecular weight excluding hydrogens is 142 g/mol. The largest absolute Gasteiger partial charge is 0.309 e. The van der Waals surface area contributed by atoms with Crippen LogP contribution in [0.15, 0.2) is 0 Å². The maximum atomic E-state index is 10.5. The SMILES string of the molecule is N=C1SC(=O)N(N)C1=O. The highest BCUT2D eigenvalue weighted by Gasteiger charge is 2.32. The molecule has 0 spiro atoms. The Morgan fingerprint density at radius 1 is 1.56 bits per heavy atom. The van der Waals surface area contributed by atoms with Crippen LogP contribution >= 0.6 is 11.8 Å². The van der Waals surface area contributed by atoms with E-state index in [0.717, 1.165) is 0 Å². The molecule has 5 nitrogen and oxygen atoms in total. The molecule has 0 aromatic heterocycles. The van der Waals surface area contributed by atoms with Crippen LogP contribution in [0.5, 0.6) is 0 Å². The van der Waals surface area contributed by atoms with Crippen LogP contribution in [0.25, 0.3) is 0 Å². The van der Waals surface area contributed by atoms with Crippen molar-refractivity contribution in [3.05, 3.63) is 0 Å². The van der Waals surface area contributed by atoms with Gasteiger partial charge in [0.1, 0.15) is 0 Å². The molecule has 0 radical (unpaired) electrons. The first-order chi connectivity index (χ1) is 4.13. The molecule has 1 saturated heterocycles. The zero-order chi connectivity index (χ0) is 7.02. The van der Waals surface area contributed by atoms with Crippen LogP contribution in [0.4, 0.5) is 4.79 Å². The van der Waals surface area contributed by atoms with Crippen LogP contribution in [0.3, 0.4) is 0 Å². The van der Waals surface area contributed by atoms with Crippen LogP contribution in [0.2, 0.25) is 0 Å². The molecule has 0 atom stereocenters. The Morgan fingerprint density at radius 3 is 2.22 bits per heavy atom. The summed E-state index contributed by atoms with van der Waals surface area (Å²) >= 11 is 0.532. The van der Waals surface area contributed by atoms with Crippen molar-refractivity contribution >= 4 is 28.0 Å². The number of carbonyl (C=O) groups excluding carboxylic acids is 2. The monoisotopic (exact) mass is 145 g/mol. The normalized spacial score (nSPS) is 19.7. The van der Waals surface area contributed by atoms with E-state index in [-0.39, 0.29) is 5.04 Å². The van der Waals surface area contributed by atoms with Crippen molar-refractivity contribution in [2.24, 2.45) is 5.84 Å². The van der Waals surface area contributed by atoms with Gasteiger partial charge < -0.3 is 0 Å². The fourth-order valence-corrected chi connectivity index (χ4v) is 0.914. The number of hydrogen-bond acceptors (Lipinski definition) is 5. The molecule has 1 rings (SSSR count). The molecule has 0 aromatic rings. The minimum Gasteiger partial charge on any atom is -0.289 e.